The van der Waals surface area contributed by atoms with Crippen LogP contribution in [0, 0.1) is 20.8 Å². The first-order valence-corrected chi connectivity index (χ1v) is 6.54. The lowest BCUT2D eigenvalue weighted by Gasteiger charge is -2.08. The largest absolute Gasteiger partial charge is 0.397 e. The summed E-state index contributed by atoms with van der Waals surface area (Å²) in [6.07, 6.45) is 1.01. The molecule has 0 unspecified atom stereocenters. The van der Waals surface area contributed by atoms with Crippen molar-refractivity contribution in [2.24, 2.45) is 0 Å². The number of hydrogen-bond acceptors (Lipinski definition) is 4. The van der Waals surface area contributed by atoms with Crippen molar-refractivity contribution >= 4 is 11.5 Å². The molecule has 0 fully saturated rings. The molecule has 0 amide bonds. The maximum atomic E-state index is 5.74. The molecule has 0 aliphatic heterocycles. The van der Waals surface area contributed by atoms with Gasteiger partial charge in [-0.3, -0.25) is 4.68 Å². The lowest BCUT2D eigenvalue weighted by Crippen LogP contribution is -2.10. The van der Waals surface area contributed by atoms with Crippen molar-refractivity contribution < 1.29 is 0 Å². The summed E-state index contributed by atoms with van der Waals surface area (Å²) in [6.45, 7) is 7.80. The zero-order valence-electron chi connectivity index (χ0n) is 11.8. The summed E-state index contributed by atoms with van der Waals surface area (Å²) < 4.78 is 2.04. The Morgan fingerprint density at radius 1 is 1.26 bits per heavy atom. The molecule has 0 atom stereocenters. The Morgan fingerprint density at radius 3 is 2.68 bits per heavy atom. The highest BCUT2D eigenvalue weighted by atomic mass is 15.3. The van der Waals surface area contributed by atoms with Gasteiger partial charge in [-0.15, -0.1) is 0 Å². The van der Waals surface area contributed by atoms with Gasteiger partial charge >= 0.3 is 0 Å². The highest BCUT2D eigenvalue weighted by molar-refractivity contribution is 5.48. The van der Waals surface area contributed by atoms with Crippen LogP contribution >= 0.6 is 0 Å². The van der Waals surface area contributed by atoms with Gasteiger partial charge in [0.05, 0.1) is 17.1 Å². The van der Waals surface area contributed by atoms with Crippen LogP contribution in [-0.2, 0) is 6.54 Å². The van der Waals surface area contributed by atoms with Gasteiger partial charge in [0.15, 0.2) is 0 Å². The third-order valence-corrected chi connectivity index (χ3v) is 3.08. The average molecular weight is 259 g/mol. The minimum atomic E-state index is 0.730. The molecule has 19 heavy (non-hydrogen) atoms. The third-order valence-electron chi connectivity index (χ3n) is 3.08. The molecule has 2 rings (SSSR count). The van der Waals surface area contributed by atoms with Gasteiger partial charge in [0.25, 0.3) is 0 Å². The number of aryl methyl sites for hydroxylation is 4. The van der Waals surface area contributed by atoms with E-state index in [0.29, 0.717) is 0 Å². The third kappa shape index (κ3) is 3.47. The molecule has 2 heterocycles. The lowest BCUT2D eigenvalue weighted by molar-refractivity contribution is 0.573. The Labute approximate surface area is 113 Å². The Bertz CT molecular complexity index is 559. The molecule has 2 aromatic heterocycles. The van der Waals surface area contributed by atoms with Gasteiger partial charge in [-0.25, -0.2) is 4.98 Å². The van der Waals surface area contributed by atoms with E-state index in [2.05, 4.69) is 28.4 Å². The second-order valence-corrected chi connectivity index (χ2v) is 4.80. The van der Waals surface area contributed by atoms with E-state index in [-0.39, 0.29) is 0 Å². The number of nitrogens with two attached hydrogens (primary N) is 1. The summed E-state index contributed by atoms with van der Waals surface area (Å²) in [7, 11) is 0. The van der Waals surface area contributed by atoms with Crippen molar-refractivity contribution in [2.45, 2.75) is 33.7 Å². The van der Waals surface area contributed by atoms with Crippen LogP contribution in [0.4, 0.5) is 11.5 Å². The molecule has 0 aromatic carbocycles. The van der Waals surface area contributed by atoms with Crippen molar-refractivity contribution in [3.05, 3.63) is 35.3 Å². The molecular formula is C14H21N5. The predicted octanol–water partition coefficient (Wildman–Crippen LogP) is 2.29. The topological polar surface area (TPSA) is 68.8 Å². The Kier molecular flexibility index (Phi) is 4.04. The number of aromatic nitrogens is 3. The monoisotopic (exact) mass is 259 g/mol. The molecule has 5 nitrogen and oxygen atoms in total. The van der Waals surface area contributed by atoms with E-state index in [1.807, 2.05) is 30.7 Å². The van der Waals surface area contributed by atoms with Gasteiger partial charge < -0.3 is 11.1 Å². The van der Waals surface area contributed by atoms with Crippen molar-refractivity contribution in [1.29, 1.82) is 0 Å². The first-order valence-electron chi connectivity index (χ1n) is 6.54. The first kappa shape index (κ1) is 13.4. The van der Waals surface area contributed by atoms with Gasteiger partial charge in [-0.1, -0.05) is 0 Å². The van der Waals surface area contributed by atoms with E-state index in [9.17, 15) is 0 Å². The standard InChI is InChI=1S/C14H21N5/c1-10-9-11(2)19(18-10)8-4-7-16-14-6-5-13(15)12(3)17-14/h5-6,9H,4,7-8,15H2,1-3H3,(H,16,17). The Morgan fingerprint density at radius 2 is 2.05 bits per heavy atom. The highest BCUT2D eigenvalue weighted by Gasteiger charge is 2.01. The second-order valence-electron chi connectivity index (χ2n) is 4.80. The van der Waals surface area contributed by atoms with Gasteiger partial charge in [0.2, 0.25) is 0 Å². The first-order chi connectivity index (χ1) is 9.06. The molecule has 0 saturated carbocycles. The molecule has 0 saturated heterocycles. The molecular weight excluding hydrogens is 238 g/mol. The number of hydrogen-bond donors (Lipinski definition) is 2. The molecule has 0 aliphatic carbocycles. The van der Waals surface area contributed by atoms with E-state index in [0.717, 1.165) is 42.4 Å². The predicted molar refractivity (Wildman–Crippen MR) is 78.2 cm³/mol. The molecule has 0 bridgehead atoms. The van der Waals surface area contributed by atoms with E-state index >= 15 is 0 Å². The molecule has 3 N–H and O–H groups in total. The van der Waals surface area contributed by atoms with Crippen molar-refractivity contribution in [3.63, 3.8) is 0 Å². The van der Waals surface area contributed by atoms with E-state index < -0.39 is 0 Å². The van der Waals surface area contributed by atoms with E-state index in [1.54, 1.807) is 0 Å². The summed E-state index contributed by atoms with van der Waals surface area (Å²) in [4.78, 5) is 4.38. The molecule has 0 radical (unpaired) electrons. The van der Waals surface area contributed by atoms with E-state index in [4.69, 9.17) is 5.73 Å². The number of nitrogens with one attached hydrogen (secondary N) is 1. The number of anilines is 2. The zero-order valence-corrected chi connectivity index (χ0v) is 11.8. The van der Waals surface area contributed by atoms with Crippen LogP contribution in [0.1, 0.15) is 23.5 Å². The van der Waals surface area contributed by atoms with Crippen molar-refractivity contribution in [3.8, 4) is 0 Å². The Hall–Kier alpha value is -2.04. The zero-order chi connectivity index (χ0) is 13.8. The summed E-state index contributed by atoms with van der Waals surface area (Å²) in [5.41, 5.74) is 9.61. The summed E-state index contributed by atoms with van der Waals surface area (Å²) in [5.74, 6) is 0.875. The van der Waals surface area contributed by atoms with E-state index in [1.165, 1.54) is 5.69 Å². The fraction of sp³-hybridized carbons (Fsp3) is 0.429. The number of nitrogen functional groups attached to an aromatic ring is 1. The quantitative estimate of drug-likeness (QED) is 0.808. The van der Waals surface area contributed by atoms with Crippen molar-refractivity contribution in [1.82, 2.24) is 14.8 Å². The minimum Gasteiger partial charge on any atom is -0.397 e. The minimum absolute atomic E-state index is 0.730. The molecule has 2 aromatic rings. The van der Waals surface area contributed by atoms with Gasteiger partial charge in [0, 0.05) is 18.8 Å². The van der Waals surface area contributed by atoms with Crippen LogP contribution in [0.25, 0.3) is 0 Å². The van der Waals surface area contributed by atoms with Crippen LogP contribution < -0.4 is 11.1 Å². The Balaban J connectivity index is 1.80. The number of pyridine rings is 1. The van der Waals surface area contributed by atoms with Crippen LogP contribution in [0.3, 0.4) is 0 Å². The molecule has 0 spiro atoms. The van der Waals surface area contributed by atoms with Crippen molar-refractivity contribution in [2.75, 3.05) is 17.6 Å². The smallest absolute Gasteiger partial charge is 0.126 e. The number of nitrogens with zero attached hydrogens (tertiary/aromatic N) is 3. The normalized spacial score (nSPS) is 10.7. The van der Waals surface area contributed by atoms with Gasteiger partial charge in [-0.2, -0.15) is 5.10 Å². The summed E-state index contributed by atoms with van der Waals surface area (Å²) in [5, 5.41) is 7.74. The second kappa shape index (κ2) is 5.73. The SMILES string of the molecule is Cc1cc(C)n(CCCNc2ccc(N)c(C)n2)n1. The maximum Gasteiger partial charge on any atom is 0.126 e. The maximum absolute atomic E-state index is 5.74. The van der Waals surface area contributed by atoms with Crippen LogP contribution in [0.15, 0.2) is 18.2 Å². The average Bonchev–Trinajstić information content (AvgIpc) is 2.68. The number of rotatable bonds is 5. The summed E-state index contributed by atoms with van der Waals surface area (Å²) >= 11 is 0. The molecule has 5 heteroatoms. The molecule has 102 valence electrons. The fourth-order valence-corrected chi connectivity index (χ4v) is 2.02. The summed E-state index contributed by atoms with van der Waals surface area (Å²) in [6, 6.07) is 5.88. The van der Waals surface area contributed by atoms with Crippen LogP contribution in [0.2, 0.25) is 0 Å². The molecule has 0 aliphatic rings. The highest BCUT2D eigenvalue weighted by Crippen LogP contribution is 2.11. The lowest BCUT2D eigenvalue weighted by atomic mass is 10.3. The van der Waals surface area contributed by atoms with Crippen LogP contribution in [-0.4, -0.2) is 21.3 Å². The van der Waals surface area contributed by atoms with Gasteiger partial charge in [0.1, 0.15) is 5.82 Å². The van der Waals surface area contributed by atoms with Gasteiger partial charge in [-0.05, 0) is 45.4 Å². The fourth-order valence-electron chi connectivity index (χ4n) is 2.02. The van der Waals surface area contributed by atoms with Crippen LogP contribution in [0.5, 0.6) is 0 Å².